The first-order valence-electron chi connectivity index (χ1n) is 8.82. The summed E-state index contributed by atoms with van der Waals surface area (Å²) in [7, 11) is 0. The van der Waals surface area contributed by atoms with E-state index in [0.717, 1.165) is 0 Å². The molecule has 1 amide bonds. The minimum atomic E-state index is -0.575. The Labute approximate surface area is 156 Å². The minimum Gasteiger partial charge on any atom is -0.459 e. The monoisotopic (exact) mass is 377 g/mol. The molecule has 0 aromatic carbocycles. The first kappa shape index (κ1) is 18.9. The summed E-state index contributed by atoms with van der Waals surface area (Å²) in [5.41, 5.74) is -0.575. The van der Waals surface area contributed by atoms with Crippen molar-refractivity contribution in [2.75, 3.05) is 13.1 Å². The van der Waals surface area contributed by atoms with Crippen LogP contribution in [-0.4, -0.2) is 45.9 Å². The molecule has 3 rings (SSSR count). The van der Waals surface area contributed by atoms with Crippen LogP contribution in [-0.2, 0) is 20.9 Å². The molecule has 0 radical (unpaired) electrons. The smallest absolute Gasteiger partial charge is 0.410 e. The summed E-state index contributed by atoms with van der Waals surface area (Å²) in [5.74, 6) is 0.0366. The van der Waals surface area contributed by atoms with Crippen LogP contribution >= 0.6 is 0 Å². The van der Waals surface area contributed by atoms with E-state index >= 15 is 0 Å². The second-order valence-corrected chi connectivity index (χ2v) is 7.35. The zero-order valence-electron chi connectivity index (χ0n) is 15.6. The maximum Gasteiger partial charge on any atom is 0.410 e. The quantitative estimate of drug-likeness (QED) is 0.748. The molecule has 9 heteroatoms. The van der Waals surface area contributed by atoms with Crippen LogP contribution in [0.5, 0.6) is 0 Å². The molecule has 0 saturated carbocycles. The standard InChI is InChI=1S/C18H23N3O6/c1-18(2,3)27-17(23)21-8-4-6-12(10-21)16(22)25-11-14-19-20-15(26-14)13-7-5-9-24-13/h5,7,9,12H,4,6,8,10-11H2,1-3H3/t12-/m1/s1. The van der Waals surface area contributed by atoms with E-state index in [4.69, 9.17) is 18.3 Å². The fourth-order valence-corrected chi connectivity index (χ4v) is 2.72. The van der Waals surface area contributed by atoms with E-state index in [1.807, 2.05) is 20.8 Å². The molecule has 1 atom stereocenters. The molecule has 1 fully saturated rings. The van der Waals surface area contributed by atoms with Crippen LogP contribution in [0, 0.1) is 5.92 Å². The Hall–Kier alpha value is -2.84. The van der Waals surface area contributed by atoms with Gasteiger partial charge in [-0.2, -0.15) is 0 Å². The second-order valence-electron chi connectivity index (χ2n) is 7.35. The number of piperidine rings is 1. The summed E-state index contributed by atoms with van der Waals surface area (Å²) in [6.45, 7) is 6.13. The van der Waals surface area contributed by atoms with E-state index in [1.54, 1.807) is 17.0 Å². The molecular weight excluding hydrogens is 354 g/mol. The van der Waals surface area contributed by atoms with Gasteiger partial charge in [-0.25, -0.2) is 4.79 Å². The Kier molecular flexibility index (Phi) is 5.48. The molecular formula is C18H23N3O6. The van der Waals surface area contributed by atoms with Gasteiger partial charge in [0.15, 0.2) is 12.4 Å². The number of aromatic nitrogens is 2. The highest BCUT2D eigenvalue weighted by atomic mass is 16.6. The van der Waals surface area contributed by atoms with E-state index in [-0.39, 0.29) is 24.9 Å². The maximum absolute atomic E-state index is 12.4. The van der Waals surface area contributed by atoms with Gasteiger partial charge in [0.05, 0.1) is 12.2 Å². The van der Waals surface area contributed by atoms with E-state index < -0.39 is 23.6 Å². The predicted molar refractivity (Wildman–Crippen MR) is 92.3 cm³/mol. The second kappa shape index (κ2) is 7.81. The van der Waals surface area contributed by atoms with Gasteiger partial charge in [-0.05, 0) is 45.7 Å². The molecule has 2 aromatic heterocycles. The van der Waals surface area contributed by atoms with E-state index in [2.05, 4.69) is 10.2 Å². The van der Waals surface area contributed by atoms with Crippen LogP contribution < -0.4 is 0 Å². The number of amides is 1. The third-order valence-corrected chi connectivity index (χ3v) is 3.94. The van der Waals surface area contributed by atoms with Crippen molar-refractivity contribution in [3.8, 4) is 11.7 Å². The lowest BCUT2D eigenvalue weighted by Crippen LogP contribution is -2.45. The summed E-state index contributed by atoms with van der Waals surface area (Å²) in [6, 6.07) is 3.40. The van der Waals surface area contributed by atoms with Crippen LogP contribution in [0.25, 0.3) is 11.7 Å². The lowest BCUT2D eigenvalue weighted by molar-refractivity contribution is -0.152. The first-order chi connectivity index (χ1) is 12.8. The lowest BCUT2D eigenvalue weighted by atomic mass is 9.98. The van der Waals surface area contributed by atoms with Gasteiger partial charge in [0.25, 0.3) is 11.8 Å². The van der Waals surface area contributed by atoms with Crippen LogP contribution in [0.15, 0.2) is 27.2 Å². The van der Waals surface area contributed by atoms with Gasteiger partial charge in [-0.3, -0.25) is 4.79 Å². The zero-order chi connectivity index (χ0) is 19.4. The highest BCUT2D eigenvalue weighted by molar-refractivity contribution is 5.75. The van der Waals surface area contributed by atoms with Crippen molar-refractivity contribution in [3.05, 3.63) is 24.3 Å². The molecule has 3 heterocycles. The van der Waals surface area contributed by atoms with Gasteiger partial charge in [0.2, 0.25) is 0 Å². The minimum absolute atomic E-state index is 0.129. The average Bonchev–Trinajstić information content (AvgIpc) is 3.29. The van der Waals surface area contributed by atoms with Gasteiger partial charge >= 0.3 is 12.1 Å². The van der Waals surface area contributed by atoms with Crippen molar-refractivity contribution in [1.29, 1.82) is 0 Å². The number of hydrogen-bond donors (Lipinski definition) is 0. The molecule has 0 N–H and O–H groups in total. The van der Waals surface area contributed by atoms with Crippen molar-refractivity contribution in [3.63, 3.8) is 0 Å². The highest BCUT2D eigenvalue weighted by Crippen LogP contribution is 2.22. The summed E-state index contributed by atoms with van der Waals surface area (Å²) in [4.78, 5) is 26.1. The summed E-state index contributed by atoms with van der Waals surface area (Å²) in [6.07, 6.45) is 2.44. The number of ether oxygens (including phenoxy) is 2. The zero-order valence-corrected chi connectivity index (χ0v) is 15.6. The summed E-state index contributed by atoms with van der Waals surface area (Å²) < 4.78 is 21.2. The Bertz CT molecular complexity index is 777. The lowest BCUT2D eigenvalue weighted by Gasteiger charge is -2.33. The number of carbonyl (C=O) groups is 2. The van der Waals surface area contributed by atoms with Crippen molar-refractivity contribution in [2.45, 2.75) is 45.8 Å². The fraction of sp³-hybridized carbons (Fsp3) is 0.556. The number of carbonyl (C=O) groups excluding carboxylic acids is 2. The van der Waals surface area contributed by atoms with Crippen LogP contribution in [0.1, 0.15) is 39.5 Å². The fourth-order valence-electron chi connectivity index (χ4n) is 2.72. The molecule has 0 bridgehead atoms. The number of hydrogen-bond acceptors (Lipinski definition) is 8. The molecule has 0 spiro atoms. The topological polar surface area (TPSA) is 108 Å². The number of furan rings is 1. The Morgan fingerprint density at radius 3 is 2.85 bits per heavy atom. The average molecular weight is 377 g/mol. The molecule has 9 nitrogen and oxygen atoms in total. The van der Waals surface area contributed by atoms with Gasteiger partial charge in [0, 0.05) is 13.1 Å². The van der Waals surface area contributed by atoms with Gasteiger partial charge in [-0.1, -0.05) is 0 Å². The predicted octanol–water partition coefficient (Wildman–Crippen LogP) is 3.02. The maximum atomic E-state index is 12.4. The third kappa shape index (κ3) is 5.08. The Morgan fingerprint density at radius 1 is 1.33 bits per heavy atom. The molecule has 1 aliphatic heterocycles. The van der Waals surface area contributed by atoms with Crippen molar-refractivity contribution >= 4 is 12.1 Å². The van der Waals surface area contributed by atoms with Gasteiger partial charge in [-0.15, -0.1) is 10.2 Å². The number of likely N-dealkylation sites (tertiary alicyclic amines) is 1. The summed E-state index contributed by atoms with van der Waals surface area (Å²) >= 11 is 0. The number of esters is 1. The summed E-state index contributed by atoms with van der Waals surface area (Å²) in [5, 5.41) is 7.68. The SMILES string of the molecule is CC(C)(C)OC(=O)N1CCC[C@@H](C(=O)OCc2nnc(-c3ccco3)o2)C1. The van der Waals surface area contributed by atoms with E-state index in [0.29, 0.717) is 25.1 Å². The largest absolute Gasteiger partial charge is 0.459 e. The molecule has 0 aliphatic carbocycles. The molecule has 1 aliphatic rings. The van der Waals surface area contributed by atoms with Crippen molar-refractivity contribution < 1.29 is 27.9 Å². The molecule has 27 heavy (non-hydrogen) atoms. The molecule has 0 unspecified atom stereocenters. The van der Waals surface area contributed by atoms with Crippen LogP contribution in [0.2, 0.25) is 0 Å². The van der Waals surface area contributed by atoms with Gasteiger partial charge in [0.1, 0.15) is 5.60 Å². The normalized spacial score (nSPS) is 17.6. The highest BCUT2D eigenvalue weighted by Gasteiger charge is 2.32. The van der Waals surface area contributed by atoms with E-state index in [9.17, 15) is 9.59 Å². The number of nitrogens with zero attached hydrogens (tertiary/aromatic N) is 3. The first-order valence-corrected chi connectivity index (χ1v) is 8.82. The third-order valence-electron chi connectivity index (χ3n) is 3.94. The Balaban J connectivity index is 1.51. The van der Waals surface area contributed by atoms with Crippen LogP contribution in [0.4, 0.5) is 4.79 Å². The van der Waals surface area contributed by atoms with E-state index in [1.165, 1.54) is 6.26 Å². The molecule has 1 saturated heterocycles. The van der Waals surface area contributed by atoms with Crippen molar-refractivity contribution in [1.82, 2.24) is 15.1 Å². The molecule has 146 valence electrons. The number of rotatable bonds is 4. The van der Waals surface area contributed by atoms with Gasteiger partial charge < -0.3 is 23.2 Å². The van der Waals surface area contributed by atoms with Crippen LogP contribution in [0.3, 0.4) is 0 Å². The Morgan fingerprint density at radius 2 is 2.15 bits per heavy atom. The van der Waals surface area contributed by atoms with Crippen molar-refractivity contribution in [2.24, 2.45) is 5.92 Å². The molecule has 2 aromatic rings.